The van der Waals surface area contributed by atoms with E-state index in [2.05, 4.69) is 0 Å². The molecule has 0 atom stereocenters. The van der Waals surface area contributed by atoms with Gasteiger partial charge in [-0.3, -0.25) is 4.79 Å². The number of benzene rings is 1. The molecule has 0 aliphatic heterocycles. The van der Waals surface area contributed by atoms with E-state index in [1.807, 2.05) is 6.92 Å². The van der Waals surface area contributed by atoms with Gasteiger partial charge >= 0.3 is 5.97 Å². The SMILES string of the molecule is CCCCC(=O)O.Fc1ccccc1. The smallest absolute Gasteiger partial charge is 0.303 e. The quantitative estimate of drug-likeness (QED) is 0.810. The van der Waals surface area contributed by atoms with E-state index in [-0.39, 0.29) is 5.82 Å². The summed E-state index contributed by atoms with van der Waals surface area (Å²) < 4.78 is 11.9. The van der Waals surface area contributed by atoms with Gasteiger partial charge in [0.1, 0.15) is 5.82 Å². The van der Waals surface area contributed by atoms with Gasteiger partial charge in [0, 0.05) is 6.42 Å². The molecule has 1 rings (SSSR count). The summed E-state index contributed by atoms with van der Waals surface area (Å²) >= 11 is 0. The van der Waals surface area contributed by atoms with Crippen molar-refractivity contribution >= 4 is 5.97 Å². The molecule has 0 bridgehead atoms. The molecule has 0 heterocycles. The van der Waals surface area contributed by atoms with Crippen molar-refractivity contribution in [2.45, 2.75) is 26.2 Å². The summed E-state index contributed by atoms with van der Waals surface area (Å²) in [5.41, 5.74) is 0. The minimum absolute atomic E-state index is 0.178. The summed E-state index contributed by atoms with van der Waals surface area (Å²) in [4.78, 5) is 9.76. The van der Waals surface area contributed by atoms with Crippen molar-refractivity contribution in [3.63, 3.8) is 0 Å². The van der Waals surface area contributed by atoms with Crippen LogP contribution in [0, 0.1) is 5.82 Å². The Bertz CT molecular complexity index is 247. The van der Waals surface area contributed by atoms with Crippen LogP contribution in [0.5, 0.6) is 0 Å². The van der Waals surface area contributed by atoms with Crippen LogP contribution in [0.25, 0.3) is 0 Å². The van der Waals surface area contributed by atoms with Crippen LogP contribution in [0.3, 0.4) is 0 Å². The number of carbonyl (C=O) groups is 1. The van der Waals surface area contributed by atoms with Crippen molar-refractivity contribution in [1.82, 2.24) is 0 Å². The van der Waals surface area contributed by atoms with Crippen molar-refractivity contribution < 1.29 is 14.3 Å². The molecule has 0 spiro atoms. The summed E-state index contributed by atoms with van der Waals surface area (Å²) in [6, 6.07) is 7.94. The molecule has 0 unspecified atom stereocenters. The third kappa shape index (κ3) is 8.71. The fourth-order valence-corrected chi connectivity index (χ4v) is 0.743. The molecule has 14 heavy (non-hydrogen) atoms. The van der Waals surface area contributed by atoms with E-state index in [1.54, 1.807) is 18.2 Å². The lowest BCUT2D eigenvalue weighted by molar-refractivity contribution is -0.137. The van der Waals surface area contributed by atoms with Gasteiger partial charge < -0.3 is 5.11 Å². The van der Waals surface area contributed by atoms with Crippen LogP contribution in [-0.4, -0.2) is 11.1 Å². The van der Waals surface area contributed by atoms with E-state index in [1.165, 1.54) is 12.1 Å². The lowest BCUT2D eigenvalue weighted by Crippen LogP contribution is -1.91. The molecule has 1 N–H and O–H groups in total. The Hall–Kier alpha value is -1.38. The van der Waals surface area contributed by atoms with Gasteiger partial charge in [-0.2, -0.15) is 0 Å². The molecule has 1 aromatic rings. The molecule has 0 radical (unpaired) electrons. The van der Waals surface area contributed by atoms with Gasteiger partial charge in [0.25, 0.3) is 0 Å². The van der Waals surface area contributed by atoms with E-state index in [0.717, 1.165) is 12.8 Å². The van der Waals surface area contributed by atoms with Gasteiger partial charge in [0.2, 0.25) is 0 Å². The van der Waals surface area contributed by atoms with Crippen LogP contribution in [-0.2, 0) is 4.79 Å². The van der Waals surface area contributed by atoms with E-state index in [9.17, 15) is 9.18 Å². The molecule has 0 amide bonds. The Balaban J connectivity index is 0.000000241. The second-order valence-electron chi connectivity index (χ2n) is 2.79. The minimum atomic E-state index is -0.693. The molecular formula is C11H15FO2. The third-order valence-electron chi connectivity index (χ3n) is 1.48. The highest BCUT2D eigenvalue weighted by Gasteiger charge is 1.90. The summed E-state index contributed by atoms with van der Waals surface area (Å²) in [7, 11) is 0. The predicted octanol–water partition coefficient (Wildman–Crippen LogP) is 3.09. The van der Waals surface area contributed by atoms with Gasteiger partial charge in [0.05, 0.1) is 0 Å². The molecule has 2 nitrogen and oxygen atoms in total. The zero-order valence-corrected chi connectivity index (χ0v) is 8.24. The van der Waals surface area contributed by atoms with Crippen molar-refractivity contribution in [1.29, 1.82) is 0 Å². The largest absolute Gasteiger partial charge is 0.481 e. The molecule has 0 aromatic heterocycles. The second-order valence-corrected chi connectivity index (χ2v) is 2.79. The number of rotatable bonds is 3. The monoisotopic (exact) mass is 198 g/mol. The van der Waals surface area contributed by atoms with Crippen LogP contribution < -0.4 is 0 Å². The fraction of sp³-hybridized carbons (Fsp3) is 0.364. The number of carboxylic acids is 1. The van der Waals surface area contributed by atoms with E-state index >= 15 is 0 Å². The van der Waals surface area contributed by atoms with Crippen molar-refractivity contribution in [2.75, 3.05) is 0 Å². The minimum Gasteiger partial charge on any atom is -0.481 e. The summed E-state index contributed by atoms with van der Waals surface area (Å²) in [5, 5.41) is 8.04. The van der Waals surface area contributed by atoms with E-state index in [0.29, 0.717) is 6.42 Å². The summed E-state index contributed by atoms with van der Waals surface area (Å²) in [6.45, 7) is 1.98. The van der Waals surface area contributed by atoms with E-state index < -0.39 is 5.97 Å². The molecule has 0 fully saturated rings. The second kappa shape index (κ2) is 8.23. The zero-order chi connectivity index (χ0) is 10.8. The third-order valence-corrected chi connectivity index (χ3v) is 1.48. The van der Waals surface area contributed by atoms with Crippen molar-refractivity contribution in [3.8, 4) is 0 Å². The van der Waals surface area contributed by atoms with Gasteiger partial charge in [-0.05, 0) is 18.6 Å². The summed E-state index contributed by atoms with van der Waals surface area (Å²) in [6.07, 6.45) is 2.08. The van der Waals surface area contributed by atoms with Crippen LogP contribution in [0.15, 0.2) is 30.3 Å². The zero-order valence-electron chi connectivity index (χ0n) is 8.24. The van der Waals surface area contributed by atoms with Crippen molar-refractivity contribution in [3.05, 3.63) is 36.1 Å². The Morgan fingerprint density at radius 2 is 1.93 bits per heavy atom. The lowest BCUT2D eigenvalue weighted by atomic mass is 10.3. The topological polar surface area (TPSA) is 37.3 Å². The number of aliphatic carboxylic acids is 1. The molecule has 1 aromatic carbocycles. The van der Waals surface area contributed by atoms with Gasteiger partial charge in [-0.25, -0.2) is 4.39 Å². The standard InChI is InChI=1S/C6H5F.C5H10O2/c7-6-4-2-1-3-5-6;1-2-3-4-5(6)7/h1-5H;2-4H2,1H3,(H,6,7). The maximum Gasteiger partial charge on any atom is 0.303 e. The average Bonchev–Trinajstić information content (AvgIpc) is 2.17. The first-order valence-corrected chi connectivity index (χ1v) is 4.59. The van der Waals surface area contributed by atoms with E-state index in [4.69, 9.17) is 5.11 Å². The molecule has 0 saturated carbocycles. The van der Waals surface area contributed by atoms with Crippen LogP contribution in [0.2, 0.25) is 0 Å². The maximum absolute atomic E-state index is 11.9. The first kappa shape index (κ1) is 12.6. The highest BCUT2D eigenvalue weighted by molar-refractivity contribution is 5.66. The Kier molecular flexibility index (Phi) is 7.42. The van der Waals surface area contributed by atoms with Gasteiger partial charge in [-0.1, -0.05) is 31.5 Å². The molecule has 3 heteroatoms. The highest BCUT2D eigenvalue weighted by atomic mass is 19.1. The molecule has 0 aliphatic carbocycles. The number of hydrogen-bond acceptors (Lipinski definition) is 1. The van der Waals surface area contributed by atoms with Crippen molar-refractivity contribution in [2.24, 2.45) is 0 Å². The predicted molar refractivity (Wildman–Crippen MR) is 53.6 cm³/mol. The lowest BCUT2D eigenvalue weighted by Gasteiger charge is -1.85. The number of carboxylic acid groups (broad SMARTS) is 1. The molecule has 0 saturated heterocycles. The Morgan fingerprint density at radius 3 is 2.14 bits per heavy atom. The fourth-order valence-electron chi connectivity index (χ4n) is 0.743. The van der Waals surface area contributed by atoms with Gasteiger partial charge in [-0.15, -0.1) is 0 Å². The van der Waals surface area contributed by atoms with Crippen LogP contribution in [0.1, 0.15) is 26.2 Å². The number of hydrogen-bond donors (Lipinski definition) is 1. The molecule has 78 valence electrons. The highest BCUT2D eigenvalue weighted by Crippen LogP contribution is 1.92. The average molecular weight is 198 g/mol. The number of halogens is 1. The summed E-state index contributed by atoms with van der Waals surface area (Å²) in [5.74, 6) is -0.871. The normalized spacial score (nSPS) is 8.71. The maximum atomic E-state index is 11.9. The van der Waals surface area contributed by atoms with Gasteiger partial charge in [0.15, 0.2) is 0 Å². The first-order valence-electron chi connectivity index (χ1n) is 4.59. The first-order chi connectivity index (χ1) is 6.66. The van der Waals surface area contributed by atoms with Crippen LogP contribution in [0.4, 0.5) is 4.39 Å². The molecular weight excluding hydrogens is 183 g/mol. The Morgan fingerprint density at radius 1 is 1.36 bits per heavy atom. The Labute approximate surface area is 83.4 Å². The number of unbranched alkanes of at least 4 members (excludes halogenated alkanes) is 1. The molecule has 0 aliphatic rings. The van der Waals surface area contributed by atoms with Crippen LogP contribution >= 0.6 is 0 Å².